The van der Waals surface area contributed by atoms with E-state index in [1.165, 1.54) is 0 Å². The first kappa shape index (κ1) is 20.0. The average Bonchev–Trinajstić information content (AvgIpc) is 3.24. The number of rotatable bonds is 5. The molecule has 160 valence electrons. The lowest BCUT2D eigenvalue weighted by Gasteiger charge is -2.38. The highest BCUT2D eigenvalue weighted by molar-refractivity contribution is 5.95. The number of carbonyl (C=O) groups is 3. The lowest BCUT2D eigenvalue weighted by Crippen LogP contribution is -2.54. The number of likely N-dealkylation sites (tertiary alicyclic amines) is 1. The molecule has 1 aromatic heterocycles. The van der Waals surface area contributed by atoms with Crippen molar-refractivity contribution in [3.8, 4) is 0 Å². The molecule has 0 spiro atoms. The maximum Gasteiger partial charge on any atom is 0.405 e. The first-order valence-electron chi connectivity index (χ1n) is 10.1. The number of pyridine rings is 1. The molecule has 4 heterocycles. The van der Waals surface area contributed by atoms with E-state index in [9.17, 15) is 14.4 Å². The van der Waals surface area contributed by atoms with Crippen molar-refractivity contribution in [3.05, 3.63) is 42.0 Å². The molecule has 3 aliphatic rings. The summed E-state index contributed by atoms with van der Waals surface area (Å²) in [5.41, 5.74) is 1.53. The molecule has 2 N–H and O–H groups in total. The SMILES string of the molecule is CN1C=C2C(=O)N(C3CCN(C(=O)[C@@H](Cc4cccnc4)NC(=O)O)CC3)CN2C1. The molecule has 10 heteroatoms. The van der Waals surface area contributed by atoms with Crippen LogP contribution in [0.25, 0.3) is 0 Å². The van der Waals surface area contributed by atoms with Crippen LogP contribution in [0.3, 0.4) is 0 Å². The summed E-state index contributed by atoms with van der Waals surface area (Å²) in [6.07, 6.45) is 5.53. The van der Waals surface area contributed by atoms with Crippen LogP contribution in [0.1, 0.15) is 18.4 Å². The summed E-state index contributed by atoms with van der Waals surface area (Å²) in [7, 11) is 1.94. The molecule has 4 rings (SSSR count). The minimum absolute atomic E-state index is 0.0473. The molecule has 3 aliphatic heterocycles. The van der Waals surface area contributed by atoms with Crippen LogP contribution in [0.2, 0.25) is 0 Å². The molecule has 0 aliphatic carbocycles. The molecule has 1 atom stereocenters. The van der Waals surface area contributed by atoms with Crippen LogP contribution in [0.4, 0.5) is 4.79 Å². The van der Waals surface area contributed by atoms with Gasteiger partial charge in [0.2, 0.25) is 5.91 Å². The Morgan fingerprint density at radius 1 is 1.30 bits per heavy atom. The Balaban J connectivity index is 1.36. The fraction of sp³-hybridized carbons (Fsp3) is 0.500. The summed E-state index contributed by atoms with van der Waals surface area (Å²) in [6, 6.07) is 2.81. The number of carbonyl (C=O) groups excluding carboxylic acids is 2. The van der Waals surface area contributed by atoms with Crippen LogP contribution in [-0.4, -0.2) is 93.2 Å². The van der Waals surface area contributed by atoms with E-state index in [-0.39, 0.29) is 24.3 Å². The molecule has 0 radical (unpaired) electrons. The van der Waals surface area contributed by atoms with Gasteiger partial charge in [-0.3, -0.25) is 14.6 Å². The Bertz CT molecular complexity index is 852. The number of hydrogen-bond acceptors (Lipinski definition) is 6. The van der Waals surface area contributed by atoms with Gasteiger partial charge < -0.3 is 30.0 Å². The van der Waals surface area contributed by atoms with E-state index in [0.717, 1.165) is 11.3 Å². The molecule has 30 heavy (non-hydrogen) atoms. The second-order valence-corrected chi connectivity index (χ2v) is 7.99. The van der Waals surface area contributed by atoms with Crippen molar-refractivity contribution >= 4 is 17.9 Å². The largest absolute Gasteiger partial charge is 0.465 e. The predicted octanol–water partition coefficient (Wildman–Crippen LogP) is 0.0973. The van der Waals surface area contributed by atoms with Crippen molar-refractivity contribution < 1.29 is 19.5 Å². The Labute approximate surface area is 174 Å². The number of nitrogens with one attached hydrogen (secondary N) is 1. The van der Waals surface area contributed by atoms with Crippen LogP contribution in [0.5, 0.6) is 0 Å². The monoisotopic (exact) mass is 414 g/mol. The highest BCUT2D eigenvalue weighted by atomic mass is 16.4. The lowest BCUT2D eigenvalue weighted by atomic mass is 10.0. The fourth-order valence-electron chi connectivity index (χ4n) is 4.39. The highest BCUT2D eigenvalue weighted by Gasteiger charge is 2.41. The number of fused-ring (bicyclic) bond motifs is 1. The van der Waals surface area contributed by atoms with Gasteiger partial charge in [0.1, 0.15) is 11.7 Å². The van der Waals surface area contributed by atoms with Crippen molar-refractivity contribution in [2.24, 2.45) is 0 Å². The summed E-state index contributed by atoms with van der Waals surface area (Å²) in [5, 5.41) is 11.5. The zero-order valence-electron chi connectivity index (χ0n) is 16.9. The molecule has 1 aromatic rings. The molecule has 0 aromatic carbocycles. The van der Waals surface area contributed by atoms with Gasteiger partial charge in [0.25, 0.3) is 5.91 Å². The van der Waals surface area contributed by atoms with Gasteiger partial charge in [-0.05, 0) is 24.5 Å². The van der Waals surface area contributed by atoms with Gasteiger partial charge in [0.15, 0.2) is 0 Å². The third kappa shape index (κ3) is 4.03. The Kier molecular flexibility index (Phi) is 5.47. The molecule has 2 saturated heterocycles. The van der Waals surface area contributed by atoms with E-state index in [0.29, 0.717) is 39.3 Å². The topological polar surface area (TPSA) is 109 Å². The third-order valence-corrected chi connectivity index (χ3v) is 5.86. The van der Waals surface area contributed by atoms with Gasteiger partial charge in [-0.1, -0.05) is 6.07 Å². The number of aromatic nitrogens is 1. The van der Waals surface area contributed by atoms with Crippen LogP contribution >= 0.6 is 0 Å². The lowest BCUT2D eigenvalue weighted by molar-refractivity contribution is -0.135. The quantitative estimate of drug-likeness (QED) is 0.703. The third-order valence-electron chi connectivity index (χ3n) is 5.86. The van der Waals surface area contributed by atoms with Gasteiger partial charge >= 0.3 is 6.09 Å². The fourth-order valence-corrected chi connectivity index (χ4v) is 4.39. The van der Waals surface area contributed by atoms with Gasteiger partial charge in [0.05, 0.1) is 13.3 Å². The number of amides is 3. The van der Waals surface area contributed by atoms with E-state index in [1.54, 1.807) is 23.4 Å². The summed E-state index contributed by atoms with van der Waals surface area (Å²) < 4.78 is 0. The predicted molar refractivity (Wildman–Crippen MR) is 107 cm³/mol. The normalized spacial score (nSPS) is 20.3. The number of carboxylic acid groups (broad SMARTS) is 1. The maximum atomic E-state index is 13.0. The summed E-state index contributed by atoms with van der Waals surface area (Å²) in [5.74, 6) is -0.191. The Morgan fingerprint density at radius 2 is 2.07 bits per heavy atom. The molecule has 3 amide bonds. The zero-order valence-corrected chi connectivity index (χ0v) is 16.9. The van der Waals surface area contributed by atoms with E-state index in [1.807, 2.05) is 29.1 Å². The van der Waals surface area contributed by atoms with Crippen molar-refractivity contribution in [3.63, 3.8) is 0 Å². The molecular formula is C20H26N6O4. The van der Waals surface area contributed by atoms with E-state index in [4.69, 9.17) is 5.11 Å². The number of nitrogens with zero attached hydrogens (tertiary/aromatic N) is 5. The second-order valence-electron chi connectivity index (χ2n) is 7.99. The summed E-state index contributed by atoms with van der Waals surface area (Å²) >= 11 is 0. The Morgan fingerprint density at radius 3 is 2.70 bits per heavy atom. The summed E-state index contributed by atoms with van der Waals surface area (Å²) in [6.45, 7) is 2.29. The van der Waals surface area contributed by atoms with Crippen LogP contribution < -0.4 is 5.32 Å². The summed E-state index contributed by atoms with van der Waals surface area (Å²) in [4.78, 5) is 48.6. The first-order chi connectivity index (χ1) is 14.4. The first-order valence-corrected chi connectivity index (χ1v) is 10.1. The zero-order chi connectivity index (χ0) is 21.3. The molecule has 10 nitrogen and oxygen atoms in total. The van der Waals surface area contributed by atoms with Crippen molar-refractivity contribution in [2.75, 3.05) is 33.5 Å². The van der Waals surface area contributed by atoms with Crippen molar-refractivity contribution in [1.82, 2.24) is 29.9 Å². The molecular weight excluding hydrogens is 388 g/mol. The van der Waals surface area contributed by atoms with Crippen LogP contribution in [0, 0.1) is 0 Å². The number of hydrogen-bond donors (Lipinski definition) is 2. The number of piperidine rings is 1. The molecule has 2 fully saturated rings. The minimum atomic E-state index is -1.23. The smallest absolute Gasteiger partial charge is 0.405 e. The van der Waals surface area contributed by atoms with Gasteiger partial charge in [-0.25, -0.2) is 4.79 Å². The van der Waals surface area contributed by atoms with Crippen molar-refractivity contribution in [1.29, 1.82) is 0 Å². The van der Waals surface area contributed by atoms with E-state index < -0.39 is 12.1 Å². The standard InChI is InChI=1S/C20H26N6O4/c1-23-11-17-19(28)26(13-25(17)12-23)15-4-7-24(8-5-15)18(27)16(22-20(29)30)9-14-3-2-6-21-10-14/h2-3,6,10-11,15-16,22H,4-5,7-9,12-13H2,1H3,(H,29,30)/t16-/m1/s1. The molecule has 0 saturated carbocycles. The molecule has 0 bridgehead atoms. The highest BCUT2D eigenvalue weighted by Crippen LogP contribution is 2.29. The van der Waals surface area contributed by atoms with Gasteiger partial charge in [-0.15, -0.1) is 0 Å². The van der Waals surface area contributed by atoms with Crippen molar-refractivity contribution in [2.45, 2.75) is 31.3 Å². The second kappa shape index (κ2) is 8.21. The van der Waals surface area contributed by atoms with Gasteiger partial charge in [-0.2, -0.15) is 0 Å². The van der Waals surface area contributed by atoms with Crippen LogP contribution in [0.15, 0.2) is 36.4 Å². The van der Waals surface area contributed by atoms with Gasteiger partial charge in [0, 0.05) is 51.2 Å². The maximum absolute atomic E-state index is 13.0. The Hall–Kier alpha value is -3.30. The average molecular weight is 414 g/mol. The minimum Gasteiger partial charge on any atom is -0.465 e. The molecule has 0 unspecified atom stereocenters. The van der Waals surface area contributed by atoms with E-state index in [2.05, 4.69) is 15.2 Å². The van der Waals surface area contributed by atoms with E-state index >= 15 is 0 Å². The van der Waals surface area contributed by atoms with Crippen LogP contribution in [-0.2, 0) is 16.0 Å².